The fraction of sp³-hybridized carbons (Fsp3) is 0.130. The first-order valence-corrected chi connectivity index (χ1v) is 9.34. The molecule has 1 unspecified atom stereocenters. The molecule has 30 heavy (non-hydrogen) atoms. The topological polar surface area (TPSA) is 102 Å². The van der Waals surface area contributed by atoms with Crippen molar-refractivity contribution in [3.8, 4) is 6.07 Å². The van der Waals surface area contributed by atoms with Gasteiger partial charge < -0.3 is 10.6 Å². The Hall–Kier alpha value is -4.18. The van der Waals surface area contributed by atoms with Gasteiger partial charge in [0.05, 0.1) is 11.6 Å². The molecule has 0 spiro atoms. The number of urea groups is 1. The summed E-state index contributed by atoms with van der Waals surface area (Å²) in [7, 11) is 0. The van der Waals surface area contributed by atoms with Crippen LogP contribution in [-0.2, 0) is 15.1 Å². The van der Waals surface area contributed by atoms with Crippen molar-refractivity contribution in [2.24, 2.45) is 0 Å². The van der Waals surface area contributed by atoms with Crippen molar-refractivity contribution in [3.63, 3.8) is 0 Å². The second kappa shape index (κ2) is 7.33. The van der Waals surface area contributed by atoms with Crippen LogP contribution in [0.4, 0.5) is 10.5 Å². The molecular formula is C23H18N4O3. The Morgan fingerprint density at radius 3 is 2.60 bits per heavy atom. The van der Waals surface area contributed by atoms with Crippen molar-refractivity contribution < 1.29 is 14.4 Å². The molecule has 4 amide bonds. The van der Waals surface area contributed by atoms with Gasteiger partial charge >= 0.3 is 6.03 Å². The summed E-state index contributed by atoms with van der Waals surface area (Å²) in [6.45, 7) is 1.20. The Balaban J connectivity index is 1.54. The average Bonchev–Trinajstić information content (AvgIpc) is 2.97. The van der Waals surface area contributed by atoms with E-state index in [0.717, 1.165) is 15.7 Å². The van der Waals surface area contributed by atoms with Gasteiger partial charge in [-0.25, -0.2) is 4.79 Å². The predicted octanol–water partition coefficient (Wildman–Crippen LogP) is 3.12. The van der Waals surface area contributed by atoms with E-state index >= 15 is 0 Å². The number of anilines is 1. The van der Waals surface area contributed by atoms with Crippen LogP contribution in [0.5, 0.6) is 0 Å². The lowest BCUT2D eigenvalue weighted by molar-refractivity contribution is -0.133. The molecule has 148 valence electrons. The summed E-state index contributed by atoms with van der Waals surface area (Å²) in [6, 6.07) is 21.1. The molecule has 0 saturated carbocycles. The van der Waals surface area contributed by atoms with Crippen molar-refractivity contribution >= 4 is 34.3 Å². The number of imide groups is 1. The first-order chi connectivity index (χ1) is 14.4. The monoisotopic (exact) mass is 398 g/mol. The molecule has 1 heterocycles. The molecule has 0 bridgehead atoms. The second-order valence-electron chi connectivity index (χ2n) is 7.25. The van der Waals surface area contributed by atoms with E-state index in [-0.39, 0.29) is 0 Å². The summed E-state index contributed by atoms with van der Waals surface area (Å²) in [6.07, 6.45) is 0. The van der Waals surface area contributed by atoms with Crippen LogP contribution in [0.2, 0.25) is 0 Å². The molecular weight excluding hydrogens is 380 g/mol. The van der Waals surface area contributed by atoms with Crippen LogP contribution < -0.4 is 10.6 Å². The van der Waals surface area contributed by atoms with Gasteiger partial charge in [0.25, 0.3) is 5.91 Å². The maximum atomic E-state index is 13.1. The summed E-state index contributed by atoms with van der Waals surface area (Å²) >= 11 is 0. The number of hydrogen-bond acceptors (Lipinski definition) is 4. The van der Waals surface area contributed by atoms with Gasteiger partial charge in [-0.1, -0.05) is 42.5 Å². The maximum Gasteiger partial charge on any atom is 0.325 e. The van der Waals surface area contributed by atoms with Crippen LogP contribution in [0.25, 0.3) is 10.8 Å². The zero-order chi connectivity index (χ0) is 21.3. The number of nitrogens with zero attached hydrogens (tertiary/aromatic N) is 2. The number of hydrogen-bond donors (Lipinski definition) is 2. The van der Waals surface area contributed by atoms with Gasteiger partial charge in [0.1, 0.15) is 12.1 Å². The summed E-state index contributed by atoms with van der Waals surface area (Å²) < 4.78 is 0. The molecule has 0 aromatic heterocycles. The fourth-order valence-corrected chi connectivity index (χ4v) is 3.55. The van der Waals surface area contributed by atoms with Crippen molar-refractivity contribution in [1.29, 1.82) is 5.26 Å². The number of carbonyl (C=O) groups excluding carboxylic acids is 3. The van der Waals surface area contributed by atoms with Gasteiger partial charge in [-0.3, -0.25) is 14.5 Å². The molecule has 7 heteroatoms. The van der Waals surface area contributed by atoms with Crippen LogP contribution in [0.15, 0.2) is 66.7 Å². The SMILES string of the molecule is CC1(c2ccc3ccccc3c2)NC(=O)N(CC(=O)Nc2cccc(C#N)c2)C1=O. The Morgan fingerprint density at radius 1 is 1.07 bits per heavy atom. The lowest BCUT2D eigenvalue weighted by Gasteiger charge is -2.22. The zero-order valence-corrected chi connectivity index (χ0v) is 16.2. The highest BCUT2D eigenvalue weighted by Crippen LogP contribution is 2.31. The number of benzene rings is 3. The quantitative estimate of drug-likeness (QED) is 0.659. The molecule has 2 N–H and O–H groups in total. The van der Waals surface area contributed by atoms with E-state index in [4.69, 9.17) is 5.26 Å². The molecule has 7 nitrogen and oxygen atoms in total. The molecule has 3 aromatic carbocycles. The van der Waals surface area contributed by atoms with E-state index in [2.05, 4.69) is 10.6 Å². The van der Waals surface area contributed by atoms with Crippen LogP contribution >= 0.6 is 0 Å². The number of nitriles is 1. The molecule has 1 atom stereocenters. The third kappa shape index (κ3) is 3.35. The first-order valence-electron chi connectivity index (χ1n) is 9.34. The number of rotatable bonds is 4. The standard InChI is InChI=1S/C23H18N4O3/c1-23(18-10-9-16-6-2-3-7-17(16)12-18)21(29)27(22(30)26-23)14-20(28)25-19-8-4-5-15(11-19)13-24/h2-12H,14H2,1H3,(H,25,28)(H,26,30). The third-order valence-electron chi connectivity index (χ3n) is 5.18. The highest BCUT2D eigenvalue weighted by molar-refractivity contribution is 6.10. The zero-order valence-electron chi connectivity index (χ0n) is 16.2. The van der Waals surface area contributed by atoms with E-state index in [0.29, 0.717) is 16.8 Å². The molecule has 1 aliphatic rings. The van der Waals surface area contributed by atoms with Gasteiger partial charge in [-0.05, 0) is 47.5 Å². The summed E-state index contributed by atoms with van der Waals surface area (Å²) in [5, 5.41) is 16.3. The molecule has 3 aromatic rings. The van der Waals surface area contributed by atoms with E-state index in [1.807, 2.05) is 42.5 Å². The number of nitrogens with one attached hydrogen (secondary N) is 2. The summed E-state index contributed by atoms with van der Waals surface area (Å²) in [4.78, 5) is 38.9. The minimum atomic E-state index is -1.26. The Labute approximate surface area is 172 Å². The predicted molar refractivity (Wildman–Crippen MR) is 111 cm³/mol. The summed E-state index contributed by atoms with van der Waals surface area (Å²) in [5.74, 6) is -1.03. The van der Waals surface area contributed by atoms with Crippen molar-refractivity contribution in [2.75, 3.05) is 11.9 Å². The first kappa shape index (κ1) is 19.2. The van der Waals surface area contributed by atoms with Crippen molar-refractivity contribution in [1.82, 2.24) is 10.2 Å². The van der Waals surface area contributed by atoms with Crippen LogP contribution in [0.1, 0.15) is 18.1 Å². The minimum absolute atomic E-state index is 0.395. The number of amides is 4. The highest BCUT2D eigenvalue weighted by Gasteiger charge is 2.49. The molecule has 4 rings (SSSR count). The van der Waals surface area contributed by atoms with E-state index in [1.165, 1.54) is 6.07 Å². The Bertz CT molecular complexity index is 1230. The second-order valence-corrected chi connectivity index (χ2v) is 7.25. The average molecular weight is 398 g/mol. The molecule has 1 saturated heterocycles. The van der Waals surface area contributed by atoms with Gasteiger partial charge in [0, 0.05) is 5.69 Å². The van der Waals surface area contributed by atoms with Crippen LogP contribution in [0.3, 0.4) is 0 Å². The Kier molecular flexibility index (Phi) is 4.68. The third-order valence-corrected chi connectivity index (χ3v) is 5.18. The molecule has 1 fully saturated rings. The largest absolute Gasteiger partial charge is 0.325 e. The smallest absolute Gasteiger partial charge is 0.324 e. The summed E-state index contributed by atoms with van der Waals surface area (Å²) in [5.41, 5.74) is 0.196. The van der Waals surface area contributed by atoms with E-state index < -0.39 is 29.9 Å². The van der Waals surface area contributed by atoms with Crippen LogP contribution in [0, 0.1) is 11.3 Å². The van der Waals surface area contributed by atoms with Gasteiger partial charge in [0.15, 0.2) is 0 Å². The highest BCUT2D eigenvalue weighted by atomic mass is 16.2. The fourth-order valence-electron chi connectivity index (χ4n) is 3.55. The lowest BCUT2D eigenvalue weighted by atomic mass is 9.90. The molecule has 0 aliphatic carbocycles. The molecule has 0 radical (unpaired) electrons. The van der Waals surface area contributed by atoms with Gasteiger partial charge in [-0.15, -0.1) is 0 Å². The maximum absolute atomic E-state index is 13.1. The lowest BCUT2D eigenvalue weighted by Crippen LogP contribution is -2.42. The van der Waals surface area contributed by atoms with Crippen molar-refractivity contribution in [2.45, 2.75) is 12.5 Å². The number of carbonyl (C=O) groups is 3. The normalized spacial score (nSPS) is 18.2. The van der Waals surface area contributed by atoms with Gasteiger partial charge in [-0.2, -0.15) is 5.26 Å². The van der Waals surface area contributed by atoms with E-state index in [1.54, 1.807) is 31.2 Å². The van der Waals surface area contributed by atoms with E-state index in [9.17, 15) is 14.4 Å². The van der Waals surface area contributed by atoms with Gasteiger partial charge in [0.2, 0.25) is 5.91 Å². The number of fused-ring (bicyclic) bond motifs is 1. The molecule has 1 aliphatic heterocycles. The minimum Gasteiger partial charge on any atom is -0.324 e. The van der Waals surface area contributed by atoms with Crippen LogP contribution in [-0.4, -0.2) is 29.3 Å². The van der Waals surface area contributed by atoms with Crippen molar-refractivity contribution in [3.05, 3.63) is 77.9 Å². The Morgan fingerprint density at radius 2 is 1.83 bits per heavy atom.